The fourth-order valence-corrected chi connectivity index (χ4v) is 6.98. The van der Waals surface area contributed by atoms with Crippen LogP contribution in [-0.4, -0.2) is 121 Å². The van der Waals surface area contributed by atoms with Crippen LogP contribution in [0.1, 0.15) is 43.5 Å². The highest BCUT2D eigenvalue weighted by Gasteiger charge is 2.37. The molecule has 2 aromatic carbocycles. The molecule has 254 valence electrons. The van der Waals surface area contributed by atoms with E-state index in [0.29, 0.717) is 67.1 Å². The van der Waals surface area contributed by atoms with E-state index in [0.717, 1.165) is 57.7 Å². The van der Waals surface area contributed by atoms with E-state index >= 15 is 0 Å². The number of piperidine rings is 1. The lowest BCUT2D eigenvalue weighted by molar-refractivity contribution is 0.0452. The molecular weight excluding hydrogens is 610 g/mol. The predicted octanol–water partition coefficient (Wildman–Crippen LogP) is 3.94. The molecule has 13 nitrogen and oxygen atoms in total. The van der Waals surface area contributed by atoms with Gasteiger partial charge in [0.25, 0.3) is 5.91 Å². The van der Waals surface area contributed by atoms with Crippen LogP contribution in [0.4, 0.5) is 28.1 Å². The minimum atomic E-state index is -0.373. The first-order chi connectivity index (χ1) is 23.4. The maximum atomic E-state index is 13.0. The lowest BCUT2D eigenvalue weighted by Crippen LogP contribution is -2.56. The molecule has 3 amide bonds. The monoisotopic (exact) mass is 655 g/mol. The summed E-state index contributed by atoms with van der Waals surface area (Å²) in [6.45, 7) is 11.7. The minimum Gasteiger partial charge on any atom is -0.378 e. The number of urea groups is 1. The van der Waals surface area contributed by atoms with Gasteiger partial charge in [0.15, 0.2) is 5.82 Å². The number of rotatable bonds is 7. The van der Waals surface area contributed by atoms with Gasteiger partial charge >= 0.3 is 6.03 Å². The van der Waals surface area contributed by atoms with E-state index in [1.807, 2.05) is 29.2 Å². The lowest BCUT2D eigenvalue weighted by Gasteiger charge is -2.45. The summed E-state index contributed by atoms with van der Waals surface area (Å²) in [5.41, 5.74) is 2.69. The predicted molar refractivity (Wildman–Crippen MR) is 185 cm³/mol. The van der Waals surface area contributed by atoms with Crippen molar-refractivity contribution in [3.8, 4) is 11.4 Å². The molecule has 2 N–H and O–H groups in total. The Morgan fingerprint density at radius 3 is 1.98 bits per heavy atom. The van der Waals surface area contributed by atoms with Crippen LogP contribution in [0.15, 0.2) is 48.5 Å². The van der Waals surface area contributed by atoms with Crippen molar-refractivity contribution in [2.75, 3.05) is 86.1 Å². The van der Waals surface area contributed by atoms with Crippen molar-refractivity contribution in [2.24, 2.45) is 0 Å². The molecule has 2 unspecified atom stereocenters. The van der Waals surface area contributed by atoms with Crippen molar-refractivity contribution in [1.82, 2.24) is 24.8 Å². The van der Waals surface area contributed by atoms with Gasteiger partial charge in [-0.25, -0.2) is 4.79 Å². The van der Waals surface area contributed by atoms with Crippen molar-refractivity contribution < 1.29 is 19.1 Å². The standard InChI is InChI=1S/C35H45N9O4/c1-24(2)41-14-16-42(17-15-41)32(45)26-8-12-28(13-9-26)37-35(46)36-27-10-6-25(7-11-27)31-38-33(43-18-20-47-21-19-43)40-34(39-31)44-29-4-3-5-30(44)23-48-22-29/h6-13,24,29-30H,3-5,14-23H2,1-2H3,(H2,36,37,46). The van der Waals surface area contributed by atoms with Crippen LogP contribution in [0.3, 0.4) is 0 Å². The van der Waals surface area contributed by atoms with Gasteiger partial charge < -0.3 is 34.8 Å². The third kappa shape index (κ3) is 7.23. The Balaban J connectivity index is 1.00. The number of morpholine rings is 2. The van der Waals surface area contributed by atoms with Crippen LogP contribution in [0.5, 0.6) is 0 Å². The summed E-state index contributed by atoms with van der Waals surface area (Å²) in [5, 5.41) is 5.76. The number of fused-ring (bicyclic) bond motifs is 2. The van der Waals surface area contributed by atoms with E-state index in [2.05, 4.69) is 39.2 Å². The quantitative estimate of drug-likeness (QED) is 0.386. The van der Waals surface area contributed by atoms with E-state index in [1.54, 1.807) is 24.3 Å². The Bertz CT molecular complexity index is 1550. The summed E-state index contributed by atoms with van der Waals surface area (Å²) in [5.74, 6) is 1.97. The number of piperazine rings is 1. The fourth-order valence-electron chi connectivity index (χ4n) is 6.98. The molecule has 2 atom stereocenters. The normalized spacial score (nSPS) is 21.7. The Morgan fingerprint density at radius 1 is 0.750 bits per heavy atom. The van der Waals surface area contributed by atoms with E-state index in [9.17, 15) is 9.59 Å². The van der Waals surface area contributed by atoms with Crippen molar-refractivity contribution in [1.29, 1.82) is 0 Å². The van der Waals surface area contributed by atoms with Gasteiger partial charge in [-0.15, -0.1) is 0 Å². The van der Waals surface area contributed by atoms with Gasteiger partial charge in [0, 0.05) is 67.8 Å². The topological polar surface area (TPSA) is 128 Å². The van der Waals surface area contributed by atoms with Gasteiger partial charge in [0.05, 0.1) is 38.5 Å². The third-order valence-corrected chi connectivity index (χ3v) is 9.74. The number of aromatic nitrogens is 3. The molecular formula is C35H45N9O4. The van der Waals surface area contributed by atoms with Crippen molar-refractivity contribution >= 4 is 35.2 Å². The number of hydrogen-bond acceptors (Lipinski definition) is 10. The van der Waals surface area contributed by atoms with Crippen LogP contribution in [-0.2, 0) is 9.47 Å². The number of hydrogen-bond donors (Lipinski definition) is 2. The fraction of sp³-hybridized carbons (Fsp3) is 0.514. The summed E-state index contributed by atoms with van der Waals surface area (Å²) in [4.78, 5) is 49.5. The largest absolute Gasteiger partial charge is 0.378 e. The zero-order valence-electron chi connectivity index (χ0n) is 27.8. The van der Waals surface area contributed by atoms with Crippen molar-refractivity contribution in [3.05, 3.63) is 54.1 Å². The van der Waals surface area contributed by atoms with Gasteiger partial charge in [-0.1, -0.05) is 0 Å². The Morgan fingerprint density at radius 2 is 1.35 bits per heavy atom. The van der Waals surface area contributed by atoms with Crippen molar-refractivity contribution in [2.45, 2.75) is 51.2 Å². The van der Waals surface area contributed by atoms with Crippen molar-refractivity contribution in [3.63, 3.8) is 0 Å². The number of nitrogens with zero attached hydrogens (tertiary/aromatic N) is 7. The number of amides is 3. The molecule has 2 bridgehead atoms. The Hall–Kier alpha value is -4.33. The van der Waals surface area contributed by atoms with E-state index < -0.39 is 0 Å². The molecule has 4 saturated heterocycles. The second-order valence-corrected chi connectivity index (χ2v) is 13.2. The first kappa shape index (κ1) is 32.2. The molecule has 0 spiro atoms. The summed E-state index contributed by atoms with van der Waals surface area (Å²) < 4.78 is 11.5. The maximum absolute atomic E-state index is 13.0. The van der Waals surface area contributed by atoms with Gasteiger partial charge in [0.1, 0.15) is 0 Å². The summed E-state index contributed by atoms with van der Waals surface area (Å²) in [7, 11) is 0. The molecule has 3 aromatic rings. The molecule has 0 saturated carbocycles. The van der Waals surface area contributed by atoms with Crippen LogP contribution in [0.2, 0.25) is 0 Å². The Labute approximate surface area is 281 Å². The van der Waals surface area contributed by atoms with Gasteiger partial charge in [-0.2, -0.15) is 15.0 Å². The highest BCUT2D eigenvalue weighted by molar-refractivity contribution is 6.00. The highest BCUT2D eigenvalue weighted by Crippen LogP contribution is 2.33. The molecule has 5 heterocycles. The van der Waals surface area contributed by atoms with Gasteiger partial charge in [-0.05, 0) is 81.6 Å². The van der Waals surface area contributed by atoms with Crippen LogP contribution in [0.25, 0.3) is 11.4 Å². The average molecular weight is 656 g/mol. The summed E-state index contributed by atoms with van der Waals surface area (Å²) in [6, 6.07) is 15.2. The molecule has 1 aromatic heterocycles. The van der Waals surface area contributed by atoms with E-state index in [4.69, 9.17) is 24.4 Å². The molecule has 4 aliphatic heterocycles. The number of anilines is 4. The highest BCUT2D eigenvalue weighted by atomic mass is 16.5. The molecule has 0 aliphatic carbocycles. The second-order valence-electron chi connectivity index (χ2n) is 13.2. The summed E-state index contributed by atoms with van der Waals surface area (Å²) >= 11 is 0. The first-order valence-corrected chi connectivity index (χ1v) is 17.2. The SMILES string of the molecule is CC(C)N1CCN(C(=O)c2ccc(NC(=O)Nc3ccc(-c4nc(N5CCOCC5)nc(N5C6CCCC5COC6)n4)cc3)cc2)CC1. The van der Waals surface area contributed by atoms with Crippen LogP contribution >= 0.6 is 0 Å². The van der Waals surface area contributed by atoms with E-state index in [-0.39, 0.29) is 24.0 Å². The lowest BCUT2D eigenvalue weighted by atomic mass is 9.95. The maximum Gasteiger partial charge on any atom is 0.323 e. The molecule has 0 radical (unpaired) electrons. The number of ether oxygens (including phenoxy) is 2. The van der Waals surface area contributed by atoms with Crippen LogP contribution < -0.4 is 20.4 Å². The Kier molecular flexibility index (Phi) is 9.68. The number of carbonyl (C=O) groups is 2. The number of carbonyl (C=O) groups excluding carboxylic acids is 2. The zero-order valence-corrected chi connectivity index (χ0v) is 27.8. The first-order valence-electron chi connectivity index (χ1n) is 17.2. The van der Waals surface area contributed by atoms with Gasteiger partial charge in [-0.3, -0.25) is 9.69 Å². The number of benzene rings is 2. The zero-order chi connectivity index (χ0) is 33.0. The summed E-state index contributed by atoms with van der Waals surface area (Å²) in [6.07, 6.45) is 3.31. The molecule has 7 rings (SSSR count). The second kappa shape index (κ2) is 14.4. The molecule has 4 aliphatic rings. The molecule has 4 fully saturated rings. The molecule has 13 heteroatoms. The average Bonchev–Trinajstić information content (AvgIpc) is 3.12. The minimum absolute atomic E-state index is 0.0182. The van der Waals surface area contributed by atoms with E-state index in [1.165, 1.54) is 6.42 Å². The third-order valence-electron chi connectivity index (χ3n) is 9.74. The molecule has 48 heavy (non-hydrogen) atoms. The number of nitrogens with one attached hydrogen (secondary N) is 2. The smallest absolute Gasteiger partial charge is 0.323 e. The van der Waals surface area contributed by atoms with Gasteiger partial charge in [0.2, 0.25) is 11.9 Å². The van der Waals surface area contributed by atoms with Crippen LogP contribution in [0, 0.1) is 0 Å².